The predicted octanol–water partition coefficient (Wildman–Crippen LogP) is 3.27. The summed E-state index contributed by atoms with van der Waals surface area (Å²) in [6.45, 7) is 1.89. The summed E-state index contributed by atoms with van der Waals surface area (Å²) in [4.78, 5) is 22.8. The molecule has 2 aromatic carbocycles. The van der Waals surface area contributed by atoms with Gasteiger partial charge in [-0.25, -0.2) is 4.79 Å². The summed E-state index contributed by atoms with van der Waals surface area (Å²) in [7, 11) is 2.86. The molecule has 4 heteroatoms. The third-order valence-electron chi connectivity index (χ3n) is 3.19. The number of ether oxygens (including phenoxy) is 2. The van der Waals surface area contributed by atoms with E-state index in [-0.39, 0.29) is 0 Å². The van der Waals surface area contributed by atoms with Gasteiger partial charge in [0.25, 0.3) is 0 Å². The maximum absolute atomic E-state index is 11.7. The van der Waals surface area contributed by atoms with Crippen LogP contribution >= 0.6 is 0 Å². The van der Waals surface area contributed by atoms with Gasteiger partial charge in [0.2, 0.25) is 0 Å². The minimum absolute atomic E-state index is 0.398. The van der Waals surface area contributed by atoms with Crippen molar-refractivity contribution in [2.24, 2.45) is 0 Å². The van der Waals surface area contributed by atoms with Crippen LogP contribution in [0.1, 0.15) is 26.3 Å². The number of hydrogen-bond acceptors (Lipinski definition) is 4. The van der Waals surface area contributed by atoms with Gasteiger partial charge in [-0.2, -0.15) is 0 Å². The van der Waals surface area contributed by atoms with Gasteiger partial charge in [0, 0.05) is 5.56 Å². The fourth-order valence-electron chi connectivity index (χ4n) is 2.28. The third-order valence-corrected chi connectivity index (χ3v) is 3.19. The van der Waals surface area contributed by atoms with Crippen LogP contribution in [-0.2, 0) is 4.74 Å². The molecule has 0 bridgehead atoms. The number of aryl methyl sites for hydroxylation is 1. The fourth-order valence-corrected chi connectivity index (χ4v) is 2.28. The first-order chi connectivity index (χ1) is 10.1. The van der Waals surface area contributed by atoms with E-state index in [9.17, 15) is 9.59 Å². The molecule has 0 atom stereocenters. The first-order valence-electron chi connectivity index (χ1n) is 6.43. The Morgan fingerprint density at radius 2 is 1.90 bits per heavy atom. The molecule has 0 N–H and O–H groups in total. The molecule has 4 nitrogen and oxygen atoms in total. The number of methoxy groups -OCH3 is 2. The molecule has 0 radical (unpaired) electrons. The van der Waals surface area contributed by atoms with E-state index in [1.54, 1.807) is 24.3 Å². The average Bonchev–Trinajstić information content (AvgIpc) is 2.52. The molecule has 0 aromatic heterocycles. The van der Waals surface area contributed by atoms with Crippen molar-refractivity contribution in [3.63, 3.8) is 0 Å². The molecule has 0 saturated heterocycles. The van der Waals surface area contributed by atoms with Crippen molar-refractivity contribution in [2.45, 2.75) is 6.92 Å². The highest BCUT2D eigenvalue weighted by Crippen LogP contribution is 2.33. The second-order valence-corrected chi connectivity index (χ2v) is 4.63. The average molecular weight is 284 g/mol. The maximum Gasteiger partial charge on any atom is 0.337 e. The standard InChI is InChI=1S/C17H16O4/c1-11-7-13(9-14(8-11)17(19)21-3)15-6-4-5-12(10-18)16(15)20-2/h4-10H,1-3H3. The Morgan fingerprint density at radius 3 is 2.52 bits per heavy atom. The zero-order chi connectivity index (χ0) is 15.4. The summed E-state index contributed by atoms with van der Waals surface area (Å²) in [5.41, 5.74) is 3.42. The van der Waals surface area contributed by atoms with Crippen LogP contribution in [0, 0.1) is 6.92 Å². The largest absolute Gasteiger partial charge is 0.495 e. The molecule has 0 amide bonds. The molecular formula is C17H16O4. The molecule has 0 saturated carbocycles. The lowest BCUT2D eigenvalue weighted by atomic mass is 9.98. The summed E-state index contributed by atoms with van der Waals surface area (Å²) < 4.78 is 10.1. The van der Waals surface area contributed by atoms with Crippen LogP contribution in [0.15, 0.2) is 36.4 Å². The maximum atomic E-state index is 11.7. The van der Waals surface area contributed by atoms with Crippen LogP contribution in [-0.4, -0.2) is 26.5 Å². The fraction of sp³-hybridized carbons (Fsp3) is 0.176. The van der Waals surface area contributed by atoms with E-state index in [0.29, 0.717) is 16.9 Å². The van der Waals surface area contributed by atoms with Crippen molar-refractivity contribution in [1.82, 2.24) is 0 Å². The first-order valence-corrected chi connectivity index (χ1v) is 6.43. The van der Waals surface area contributed by atoms with E-state index in [1.807, 2.05) is 19.1 Å². The quantitative estimate of drug-likeness (QED) is 0.638. The lowest BCUT2D eigenvalue weighted by molar-refractivity contribution is 0.0600. The molecule has 0 unspecified atom stereocenters. The topological polar surface area (TPSA) is 52.6 Å². The van der Waals surface area contributed by atoms with Crippen LogP contribution in [0.5, 0.6) is 5.75 Å². The molecule has 2 rings (SSSR count). The number of carbonyl (C=O) groups excluding carboxylic acids is 2. The Morgan fingerprint density at radius 1 is 1.14 bits per heavy atom. The van der Waals surface area contributed by atoms with Gasteiger partial charge in [0.15, 0.2) is 6.29 Å². The number of para-hydroxylation sites is 1. The van der Waals surface area contributed by atoms with Gasteiger partial charge in [-0.3, -0.25) is 4.79 Å². The van der Waals surface area contributed by atoms with Crippen molar-refractivity contribution in [3.05, 3.63) is 53.1 Å². The van der Waals surface area contributed by atoms with Gasteiger partial charge in [0.1, 0.15) is 5.75 Å². The smallest absolute Gasteiger partial charge is 0.337 e. The number of rotatable bonds is 4. The van der Waals surface area contributed by atoms with Crippen molar-refractivity contribution >= 4 is 12.3 Å². The summed E-state index contributed by atoms with van der Waals surface area (Å²) in [5.74, 6) is 0.0966. The van der Waals surface area contributed by atoms with E-state index in [4.69, 9.17) is 9.47 Å². The Hall–Kier alpha value is -2.62. The second-order valence-electron chi connectivity index (χ2n) is 4.63. The molecule has 2 aromatic rings. The second kappa shape index (κ2) is 6.22. The van der Waals surface area contributed by atoms with Crippen molar-refractivity contribution in [2.75, 3.05) is 14.2 Å². The molecule has 108 valence electrons. The normalized spacial score (nSPS) is 10.0. The Labute approximate surface area is 123 Å². The van der Waals surface area contributed by atoms with Crippen LogP contribution in [0.2, 0.25) is 0 Å². The molecule has 0 aliphatic carbocycles. The van der Waals surface area contributed by atoms with E-state index in [0.717, 1.165) is 23.0 Å². The molecule has 0 fully saturated rings. The van der Waals surface area contributed by atoms with E-state index < -0.39 is 5.97 Å². The number of aldehydes is 1. The zero-order valence-electron chi connectivity index (χ0n) is 12.2. The van der Waals surface area contributed by atoms with Crippen molar-refractivity contribution < 1.29 is 19.1 Å². The van der Waals surface area contributed by atoms with Crippen LogP contribution in [0.4, 0.5) is 0 Å². The molecule has 0 aliphatic rings. The summed E-state index contributed by atoms with van der Waals surface area (Å²) in [6.07, 6.45) is 0.749. The zero-order valence-corrected chi connectivity index (χ0v) is 12.2. The highest BCUT2D eigenvalue weighted by Gasteiger charge is 2.13. The van der Waals surface area contributed by atoms with Crippen molar-refractivity contribution in [1.29, 1.82) is 0 Å². The Kier molecular flexibility index (Phi) is 4.38. The van der Waals surface area contributed by atoms with Crippen molar-refractivity contribution in [3.8, 4) is 16.9 Å². The highest BCUT2D eigenvalue weighted by atomic mass is 16.5. The molecule has 0 aliphatic heterocycles. The van der Waals surface area contributed by atoms with E-state index in [1.165, 1.54) is 14.2 Å². The molecule has 21 heavy (non-hydrogen) atoms. The van der Waals surface area contributed by atoms with E-state index >= 15 is 0 Å². The predicted molar refractivity (Wildman–Crippen MR) is 79.9 cm³/mol. The summed E-state index contributed by atoms with van der Waals surface area (Å²) in [6, 6.07) is 10.7. The lowest BCUT2D eigenvalue weighted by Gasteiger charge is -2.12. The van der Waals surface area contributed by atoms with E-state index in [2.05, 4.69) is 0 Å². The minimum atomic E-state index is -0.398. The van der Waals surface area contributed by atoms with Gasteiger partial charge >= 0.3 is 5.97 Å². The Bertz CT molecular complexity index is 689. The van der Waals surface area contributed by atoms with Crippen LogP contribution in [0.25, 0.3) is 11.1 Å². The van der Waals surface area contributed by atoms with Gasteiger partial charge in [-0.05, 0) is 36.2 Å². The summed E-state index contributed by atoms with van der Waals surface area (Å²) in [5, 5.41) is 0. The third kappa shape index (κ3) is 2.94. The number of esters is 1. The number of benzene rings is 2. The van der Waals surface area contributed by atoms with Crippen LogP contribution in [0.3, 0.4) is 0 Å². The monoisotopic (exact) mass is 284 g/mol. The highest BCUT2D eigenvalue weighted by molar-refractivity contribution is 5.92. The first kappa shape index (κ1) is 14.8. The lowest BCUT2D eigenvalue weighted by Crippen LogP contribution is -2.02. The minimum Gasteiger partial charge on any atom is -0.495 e. The SMILES string of the molecule is COC(=O)c1cc(C)cc(-c2cccc(C=O)c2OC)c1. The summed E-state index contributed by atoms with van der Waals surface area (Å²) >= 11 is 0. The molecule has 0 spiro atoms. The Balaban J connectivity index is 2.64. The van der Waals surface area contributed by atoms with Gasteiger partial charge in [-0.15, -0.1) is 0 Å². The van der Waals surface area contributed by atoms with Crippen LogP contribution < -0.4 is 4.74 Å². The molecular weight excluding hydrogens is 268 g/mol. The number of carbonyl (C=O) groups is 2. The molecule has 0 heterocycles. The number of hydrogen-bond donors (Lipinski definition) is 0. The van der Waals surface area contributed by atoms with Gasteiger partial charge in [-0.1, -0.05) is 18.2 Å². The van der Waals surface area contributed by atoms with Gasteiger partial charge < -0.3 is 9.47 Å². The van der Waals surface area contributed by atoms with Gasteiger partial charge in [0.05, 0.1) is 25.3 Å².